The van der Waals surface area contributed by atoms with Crippen molar-refractivity contribution in [3.8, 4) is 5.75 Å². The maximum absolute atomic E-state index is 11.0. The Hall–Kier alpha value is -1.22. The van der Waals surface area contributed by atoms with Crippen LogP contribution in [0.3, 0.4) is 0 Å². The van der Waals surface area contributed by atoms with Crippen LogP contribution in [0.1, 0.15) is 13.3 Å². The molecular formula is C9H10ClNO2. The number of rotatable bonds is 2. The first-order valence-electron chi connectivity index (χ1n) is 3.92. The van der Waals surface area contributed by atoms with Gasteiger partial charge in [-0.2, -0.15) is 0 Å². The van der Waals surface area contributed by atoms with Gasteiger partial charge in [0.2, 0.25) is 5.91 Å². The van der Waals surface area contributed by atoms with Crippen LogP contribution >= 0.6 is 11.6 Å². The molecule has 1 aromatic carbocycles. The molecule has 0 radical (unpaired) electrons. The topological polar surface area (TPSA) is 49.3 Å². The Labute approximate surface area is 81.3 Å². The lowest BCUT2D eigenvalue weighted by atomic mass is 10.3. The lowest BCUT2D eigenvalue weighted by Crippen LogP contribution is -2.09. The minimum atomic E-state index is -0.155. The number of carbonyl (C=O) groups excluding carboxylic acids is 1. The van der Waals surface area contributed by atoms with Crippen LogP contribution in [0.5, 0.6) is 5.75 Å². The number of amides is 1. The van der Waals surface area contributed by atoms with Gasteiger partial charge in [0.05, 0.1) is 10.7 Å². The zero-order valence-corrected chi connectivity index (χ0v) is 7.93. The van der Waals surface area contributed by atoms with Gasteiger partial charge in [-0.25, -0.2) is 0 Å². The number of anilines is 1. The van der Waals surface area contributed by atoms with E-state index in [2.05, 4.69) is 5.32 Å². The number of benzene rings is 1. The maximum atomic E-state index is 11.0. The molecule has 0 fully saturated rings. The molecule has 0 aliphatic carbocycles. The quantitative estimate of drug-likeness (QED) is 0.719. The van der Waals surface area contributed by atoms with Crippen molar-refractivity contribution in [2.45, 2.75) is 13.3 Å². The number of hydrogen-bond donors (Lipinski definition) is 2. The highest BCUT2D eigenvalue weighted by molar-refractivity contribution is 6.32. The third-order valence-electron chi connectivity index (χ3n) is 1.58. The monoisotopic (exact) mass is 199 g/mol. The highest BCUT2D eigenvalue weighted by atomic mass is 35.5. The summed E-state index contributed by atoms with van der Waals surface area (Å²) in [7, 11) is 0. The molecule has 0 aliphatic rings. The van der Waals surface area contributed by atoms with Gasteiger partial charge in [-0.3, -0.25) is 4.79 Å². The number of carbonyl (C=O) groups is 1. The fourth-order valence-electron chi connectivity index (χ4n) is 0.855. The molecule has 0 unspecified atom stereocenters. The van der Waals surface area contributed by atoms with E-state index in [4.69, 9.17) is 11.6 Å². The minimum Gasteiger partial charge on any atom is -0.504 e. The normalized spacial score (nSPS) is 9.69. The summed E-state index contributed by atoms with van der Waals surface area (Å²) < 4.78 is 0. The molecule has 0 bridgehead atoms. The highest BCUT2D eigenvalue weighted by Gasteiger charge is 2.06. The smallest absolute Gasteiger partial charge is 0.224 e. The molecular weight excluding hydrogens is 190 g/mol. The second-order valence-electron chi connectivity index (χ2n) is 2.54. The summed E-state index contributed by atoms with van der Waals surface area (Å²) in [5.41, 5.74) is 0.347. The Morgan fingerprint density at radius 3 is 2.92 bits per heavy atom. The van der Waals surface area contributed by atoms with Crippen molar-refractivity contribution >= 4 is 23.2 Å². The summed E-state index contributed by atoms with van der Waals surface area (Å²) >= 11 is 5.64. The van der Waals surface area contributed by atoms with Gasteiger partial charge >= 0.3 is 0 Å². The van der Waals surface area contributed by atoms with E-state index in [1.807, 2.05) is 0 Å². The minimum absolute atomic E-state index is 0.0917. The van der Waals surface area contributed by atoms with Crippen LogP contribution in [-0.2, 0) is 4.79 Å². The van der Waals surface area contributed by atoms with Crippen LogP contribution in [-0.4, -0.2) is 11.0 Å². The molecule has 1 amide bonds. The SMILES string of the molecule is CCC(=O)Nc1cccc(Cl)c1O. The highest BCUT2D eigenvalue weighted by Crippen LogP contribution is 2.30. The van der Waals surface area contributed by atoms with Gasteiger partial charge in [0.25, 0.3) is 0 Å². The standard InChI is InChI=1S/C9H10ClNO2/c1-2-8(12)11-7-5-3-4-6(10)9(7)13/h3-5,13H,2H2,1H3,(H,11,12). The predicted octanol–water partition coefficient (Wildman–Crippen LogP) is 2.39. The summed E-state index contributed by atoms with van der Waals surface area (Å²) in [6, 6.07) is 4.81. The van der Waals surface area contributed by atoms with Crippen LogP contribution < -0.4 is 5.32 Å². The molecule has 0 atom stereocenters. The zero-order chi connectivity index (χ0) is 9.84. The van der Waals surface area contributed by atoms with Crippen molar-refractivity contribution in [2.75, 3.05) is 5.32 Å². The number of nitrogens with one attached hydrogen (secondary N) is 1. The van der Waals surface area contributed by atoms with E-state index in [1.165, 1.54) is 0 Å². The van der Waals surface area contributed by atoms with E-state index < -0.39 is 0 Å². The largest absolute Gasteiger partial charge is 0.504 e. The first-order valence-corrected chi connectivity index (χ1v) is 4.30. The van der Waals surface area contributed by atoms with Gasteiger partial charge in [0.1, 0.15) is 0 Å². The van der Waals surface area contributed by atoms with Crippen molar-refractivity contribution < 1.29 is 9.90 Å². The maximum Gasteiger partial charge on any atom is 0.224 e. The van der Waals surface area contributed by atoms with Crippen LogP contribution in [0.25, 0.3) is 0 Å². The fraction of sp³-hybridized carbons (Fsp3) is 0.222. The molecule has 13 heavy (non-hydrogen) atoms. The van der Waals surface area contributed by atoms with Gasteiger partial charge in [0, 0.05) is 6.42 Å². The van der Waals surface area contributed by atoms with Crippen molar-refractivity contribution in [1.29, 1.82) is 0 Å². The van der Waals surface area contributed by atoms with Gasteiger partial charge in [-0.15, -0.1) is 0 Å². The summed E-state index contributed by atoms with van der Waals surface area (Å²) in [5.74, 6) is -0.247. The second-order valence-corrected chi connectivity index (χ2v) is 2.94. The van der Waals surface area contributed by atoms with Gasteiger partial charge < -0.3 is 10.4 Å². The van der Waals surface area contributed by atoms with Gasteiger partial charge in [-0.1, -0.05) is 24.6 Å². The summed E-state index contributed by atoms with van der Waals surface area (Å²) in [5, 5.41) is 12.2. The third-order valence-corrected chi connectivity index (χ3v) is 1.89. The number of para-hydroxylation sites is 1. The van der Waals surface area contributed by atoms with Crippen LogP contribution in [0.2, 0.25) is 5.02 Å². The number of phenols is 1. The van der Waals surface area contributed by atoms with Crippen LogP contribution in [0.15, 0.2) is 18.2 Å². The number of halogens is 1. The van der Waals surface area contributed by atoms with Crippen molar-refractivity contribution in [3.63, 3.8) is 0 Å². The number of phenolic OH excluding ortho intramolecular Hbond substituents is 1. The third kappa shape index (κ3) is 2.36. The van der Waals surface area contributed by atoms with Crippen molar-refractivity contribution in [1.82, 2.24) is 0 Å². The van der Waals surface area contributed by atoms with E-state index in [0.717, 1.165) is 0 Å². The van der Waals surface area contributed by atoms with Crippen molar-refractivity contribution in [3.05, 3.63) is 23.2 Å². The molecule has 1 rings (SSSR count). The average Bonchev–Trinajstić information content (AvgIpc) is 2.13. The van der Waals surface area contributed by atoms with E-state index in [9.17, 15) is 9.90 Å². The predicted molar refractivity (Wildman–Crippen MR) is 52.0 cm³/mol. The summed E-state index contributed by atoms with van der Waals surface area (Å²) in [6.07, 6.45) is 0.367. The summed E-state index contributed by atoms with van der Waals surface area (Å²) in [6.45, 7) is 1.73. The van der Waals surface area contributed by atoms with E-state index in [1.54, 1.807) is 25.1 Å². The van der Waals surface area contributed by atoms with E-state index >= 15 is 0 Å². The lowest BCUT2D eigenvalue weighted by Gasteiger charge is -2.06. The average molecular weight is 200 g/mol. The Balaban J connectivity index is 2.89. The second kappa shape index (κ2) is 4.14. The molecule has 0 aliphatic heterocycles. The number of hydrogen-bond acceptors (Lipinski definition) is 2. The molecule has 1 aromatic rings. The molecule has 0 spiro atoms. The molecule has 2 N–H and O–H groups in total. The molecule has 4 heteroatoms. The number of aromatic hydroxyl groups is 1. The lowest BCUT2D eigenvalue weighted by molar-refractivity contribution is -0.115. The molecule has 0 aromatic heterocycles. The van der Waals surface area contributed by atoms with Gasteiger partial charge in [-0.05, 0) is 12.1 Å². The van der Waals surface area contributed by atoms with Crippen molar-refractivity contribution in [2.24, 2.45) is 0 Å². The van der Waals surface area contributed by atoms with Crippen LogP contribution in [0.4, 0.5) is 5.69 Å². The Morgan fingerprint density at radius 2 is 2.31 bits per heavy atom. The molecule has 0 saturated heterocycles. The van der Waals surface area contributed by atoms with E-state index in [-0.39, 0.29) is 16.7 Å². The first-order chi connectivity index (χ1) is 6.15. The molecule has 0 heterocycles. The Bertz CT molecular complexity index is 325. The van der Waals surface area contributed by atoms with E-state index in [0.29, 0.717) is 12.1 Å². The van der Waals surface area contributed by atoms with Gasteiger partial charge in [0.15, 0.2) is 5.75 Å². The molecule has 3 nitrogen and oxygen atoms in total. The van der Waals surface area contributed by atoms with Crippen LogP contribution in [0, 0.1) is 0 Å². The first kappa shape index (κ1) is 9.86. The summed E-state index contributed by atoms with van der Waals surface area (Å²) in [4.78, 5) is 11.0. The zero-order valence-electron chi connectivity index (χ0n) is 7.17. The Morgan fingerprint density at radius 1 is 1.62 bits per heavy atom. The Kier molecular flexibility index (Phi) is 3.14. The fourth-order valence-corrected chi connectivity index (χ4v) is 1.03. The molecule has 70 valence electrons. The molecule has 0 saturated carbocycles.